The van der Waals surface area contributed by atoms with E-state index in [1.807, 2.05) is 12.1 Å². The number of halogens is 1. The number of nitrogens with zero attached hydrogens (tertiary/aromatic N) is 1. The Morgan fingerprint density at radius 2 is 2.11 bits per heavy atom. The van der Waals surface area contributed by atoms with E-state index < -0.39 is 0 Å². The summed E-state index contributed by atoms with van der Waals surface area (Å²) < 4.78 is 0. The molecule has 0 aliphatic carbocycles. The largest absolute Gasteiger partial charge is 0.366 e. The molecule has 1 fully saturated rings. The molecule has 0 radical (unpaired) electrons. The highest BCUT2D eigenvalue weighted by Crippen LogP contribution is 2.29. The monoisotopic (exact) mass is 280 g/mol. The summed E-state index contributed by atoms with van der Waals surface area (Å²) in [6, 6.07) is 9.29. The minimum absolute atomic E-state index is 0.273. The first kappa shape index (κ1) is 14.7. The maximum atomic E-state index is 6.14. The molecule has 1 N–H and O–H groups in total. The molecule has 1 aliphatic rings. The van der Waals surface area contributed by atoms with Crippen LogP contribution in [0.25, 0.3) is 0 Å². The second-order valence-corrected chi connectivity index (χ2v) is 6.96. The van der Waals surface area contributed by atoms with Crippen molar-refractivity contribution in [1.82, 2.24) is 5.32 Å². The summed E-state index contributed by atoms with van der Waals surface area (Å²) in [5.41, 5.74) is 1.52. The zero-order valence-electron chi connectivity index (χ0n) is 12.4. The Morgan fingerprint density at radius 1 is 1.37 bits per heavy atom. The molecule has 19 heavy (non-hydrogen) atoms. The summed E-state index contributed by atoms with van der Waals surface area (Å²) in [5, 5.41) is 4.52. The molecule has 2 rings (SSSR count). The fraction of sp³-hybridized carbons (Fsp3) is 0.625. The van der Waals surface area contributed by atoms with Crippen molar-refractivity contribution >= 4 is 17.3 Å². The molecule has 1 aromatic rings. The van der Waals surface area contributed by atoms with Crippen molar-refractivity contribution in [1.29, 1.82) is 0 Å². The van der Waals surface area contributed by atoms with E-state index in [0.29, 0.717) is 12.1 Å². The predicted molar refractivity (Wildman–Crippen MR) is 84.1 cm³/mol. The lowest BCUT2D eigenvalue weighted by Crippen LogP contribution is -2.60. The molecule has 0 bridgehead atoms. The maximum Gasteiger partial charge on any atom is 0.0426 e. The number of nitrogens with one attached hydrogen (secondary N) is 1. The Hall–Kier alpha value is -0.730. The van der Waals surface area contributed by atoms with E-state index in [1.165, 1.54) is 5.69 Å². The van der Waals surface area contributed by atoms with Gasteiger partial charge in [0, 0.05) is 35.9 Å². The molecule has 2 unspecified atom stereocenters. The van der Waals surface area contributed by atoms with E-state index in [2.05, 4.69) is 50.0 Å². The van der Waals surface area contributed by atoms with Crippen LogP contribution >= 0.6 is 11.6 Å². The van der Waals surface area contributed by atoms with Gasteiger partial charge in [-0.05, 0) is 30.0 Å². The van der Waals surface area contributed by atoms with Crippen molar-refractivity contribution < 1.29 is 0 Å². The van der Waals surface area contributed by atoms with Crippen LogP contribution in [0.1, 0.15) is 34.1 Å². The first-order valence-electron chi connectivity index (χ1n) is 7.17. The van der Waals surface area contributed by atoms with Gasteiger partial charge in [0.1, 0.15) is 0 Å². The van der Waals surface area contributed by atoms with Crippen LogP contribution in [-0.4, -0.2) is 25.2 Å². The summed E-state index contributed by atoms with van der Waals surface area (Å²) in [6.07, 6.45) is 1.15. The maximum absolute atomic E-state index is 6.14. The number of anilines is 1. The summed E-state index contributed by atoms with van der Waals surface area (Å²) >= 11 is 6.14. The van der Waals surface area contributed by atoms with E-state index >= 15 is 0 Å². The van der Waals surface area contributed by atoms with Gasteiger partial charge in [-0.2, -0.15) is 0 Å². The number of piperazine rings is 1. The molecule has 3 heteroatoms. The lowest BCUT2D eigenvalue weighted by atomic mass is 9.84. The van der Waals surface area contributed by atoms with E-state index in [4.69, 9.17) is 11.6 Å². The molecule has 2 nitrogen and oxygen atoms in total. The van der Waals surface area contributed by atoms with Crippen LogP contribution in [0.15, 0.2) is 24.3 Å². The van der Waals surface area contributed by atoms with Gasteiger partial charge in [-0.3, -0.25) is 0 Å². The van der Waals surface area contributed by atoms with Gasteiger partial charge < -0.3 is 10.2 Å². The third-order valence-electron chi connectivity index (χ3n) is 4.08. The molecule has 1 heterocycles. The van der Waals surface area contributed by atoms with Crippen molar-refractivity contribution in [3.05, 3.63) is 29.3 Å². The molecule has 1 saturated heterocycles. The van der Waals surface area contributed by atoms with Crippen LogP contribution in [0.4, 0.5) is 5.69 Å². The average molecular weight is 281 g/mol. The second kappa shape index (κ2) is 5.72. The van der Waals surface area contributed by atoms with E-state index in [9.17, 15) is 0 Å². The van der Waals surface area contributed by atoms with Gasteiger partial charge in [-0.25, -0.2) is 0 Å². The standard InChI is InChI=1S/C16H25ClN2/c1-5-13-10-18-15(16(2,3)4)11-19(13)14-8-6-7-12(17)9-14/h6-9,13,15,18H,5,10-11H2,1-4H3. The first-order chi connectivity index (χ1) is 8.91. The lowest BCUT2D eigenvalue weighted by Gasteiger charge is -2.46. The zero-order valence-corrected chi connectivity index (χ0v) is 13.2. The van der Waals surface area contributed by atoms with Crippen molar-refractivity contribution in [2.75, 3.05) is 18.0 Å². The summed E-state index contributed by atoms with van der Waals surface area (Å²) in [7, 11) is 0. The fourth-order valence-electron chi connectivity index (χ4n) is 2.71. The molecule has 1 aliphatic heterocycles. The van der Waals surface area contributed by atoms with Gasteiger partial charge in [0.25, 0.3) is 0 Å². The van der Waals surface area contributed by atoms with E-state index in [1.54, 1.807) is 0 Å². The van der Waals surface area contributed by atoms with Gasteiger partial charge in [0.05, 0.1) is 0 Å². The highest BCUT2D eigenvalue weighted by atomic mass is 35.5. The summed E-state index contributed by atoms with van der Waals surface area (Å²) in [5.74, 6) is 0. The smallest absolute Gasteiger partial charge is 0.0426 e. The fourth-order valence-corrected chi connectivity index (χ4v) is 2.90. The van der Waals surface area contributed by atoms with E-state index in [0.717, 1.165) is 24.5 Å². The Labute approximate surface area is 122 Å². The van der Waals surface area contributed by atoms with Crippen LogP contribution in [0.3, 0.4) is 0 Å². The zero-order chi connectivity index (χ0) is 14.0. The van der Waals surface area contributed by atoms with Crippen LogP contribution in [0.2, 0.25) is 5.02 Å². The van der Waals surface area contributed by atoms with Gasteiger partial charge in [0.2, 0.25) is 0 Å². The second-order valence-electron chi connectivity index (χ2n) is 6.52. The topological polar surface area (TPSA) is 15.3 Å². The normalized spacial score (nSPS) is 24.6. The number of hydrogen-bond donors (Lipinski definition) is 1. The summed E-state index contributed by atoms with van der Waals surface area (Å²) in [6.45, 7) is 11.2. The summed E-state index contributed by atoms with van der Waals surface area (Å²) in [4.78, 5) is 2.51. The van der Waals surface area contributed by atoms with Crippen LogP contribution in [0, 0.1) is 5.41 Å². The van der Waals surface area contributed by atoms with Crippen molar-refractivity contribution in [2.45, 2.75) is 46.2 Å². The number of hydrogen-bond acceptors (Lipinski definition) is 2. The number of benzene rings is 1. The van der Waals surface area contributed by atoms with Crippen LogP contribution < -0.4 is 10.2 Å². The Morgan fingerprint density at radius 3 is 2.68 bits per heavy atom. The molecule has 1 aromatic carbocycles. The molecular weight excluding hydrogens is 256 g/mol. The average Bonchev–Trinajstić information content (AvgIpc) is 2.37. The molecule has 0 saturated carbocycles. The van der Waals surface area contributed by atoms with Crippen molar-refractivity contribution in [3.8, 4) is 0 Å². The molecule has 0 aromatic heterocycles. The van der Waals surface area contributed by atoms with Gasteiger partial charge >= 0.3 is 0 Å². The minimum Gasteiger partial charge on any atom is -0.366 e. The third kappa shape index (κ3) is 3.43. The lowest BCUT2D eigenvalue weighted by molar-refractivity contribution is 0.233. The van der Waals surface area contributed by atoms with Gasteiger partial charge in [-0.15, -0.1) is 0 Å². The Bertz CT molecular complexity index is 425. The molecule has 0 amide bonds. The van der Waals surface area contributed by atoms with Crippen LogP contribution in [0.5, 0.6) is 0 Å². The van der Waals surface area contributed by atoms with Crippen molar-refractivity contribution in [2.24, 2.45) is 5.41 Å². The SMILES string of the molecule is CCC1CNC(C(C)(C)C)CN1c1cccc(Cl)c1. The van der Waals surface area contributed by atoms with Gasteiger partial charge in [0.15, 0.2) is 0 Å². The Kier molecular flexibility index (Phi) is 4.42. The number of rotatable bonds is 2. The molecule has 0 spiro atoms. The minimum atomic E-state index is 0.273. The van der Waals surface area contributed by atoms with Crippen molar-refractivity contribution in [3.63, 3.8) is 0 Å². The Balaban J connectivity index is 2.23. The van der Waals surface area contributed by atoms with E-state index in [-0.39, 0.29) is 5.41 Å². The van der Waals surface area contributed by atoms with Gasteiger partial charge in [-0.1, -0.05) is 45.4 Å². The highest BCUT2D eigenvalue weighted by molar-refractivity contribution is 6.30. The molecule has 106 valence electrons. The predicted octanol–water partition coefficient (Wildman–Crippen LogP) is 3.94. The highest BCUT2D eigenvalue weighted by Gasteiger charge is 2.33. The van der Waals surface area contributed by atoms with Crippen LogP contribution in [-0.2, 0) is 0 Å². The third-order valence-corrected chi connectivity index (χ3v) is 4.31. The molecule has 2 atom stereocenters. The molecular formula is C16H25ClN2. The quantitative estimate of drug-likeness (QED) is 0.883. The first-order valence-corrected chi connectivity index (χ1v) is 7.55.